The molecule has 128 valence electrons. The number of aryl methyl sites for hydroxylation is 1. The van der Waals surface area contributed by atoms with Crippen molar-refractivity contribution in [1.82, 2.24) is 0 Å². The fraction of sp³-hybridized carbons (Fsp3) is 0.333. The van der Waals surface area contributed by atoms with E-state index in [-0.39, 0.29) is 17.2 Å². The first-order valence-corrected chi connectivity index (χ1v) is 8.65. The van der Waals surface area contributed by atoms with Crippen LogP contribution in [-0.4, -0.2) is 22.3 Å². The maximum Gasteiger partial charge on any atom is 0.278 e. The van der Waals surface area contributed by atoms with Crippen LogP contribution in [0.4, 0.5) is 11.4 Å². The van der Waals surface area contributed by atoms with E-state index < -0.39 is 0 Å². The average molecular weight is 334 g/mol. The molecule has 25 heavy (non-hydrogen) atoms. The van der Waals surface area contributed by atoms with Gasteiger partial charge in [0.15, 0.2) is 0 Å². The number of aliphatic imine (C=N–C) groups is 1. The molecule has 0 spiro atoms. The van der Waals surface area contributed by atoms with Gasteiger partial charge in [-0.05, 0) is 69.0 Å². The van der Waals surface area contributed by atoms with Gasteiger partial charge >= 0.3 is 0 Å². The third-order valence-corrected chi connectivity index (χ3v) is 5.20. The molecule has 1 N–H and O–H groups in total. The zero-order valence-electron chi connectivity index (χ0n) is 15.0. The highest BCUT2D eigenvalue weighted by atomic mass is 16.3. The van der Waals surface area contributed by atoms with Crippen LogP contribution in [0.2, 0.25) is 0 Å². The lowest BCUT2D eigenvalue weighted by Crippen LogP contribution is -2.50. The van der Waals surface area contributed by atoms with Gasteiger partial charge in [0.2, 0.25) is 0 Å². The fourth-order valence-corrected chi connectivity index (χ4v) is 4.23. The normalized spacial score (nSPS) is 22.4. The summed E-state index contributed by atoms with van der Waals surface area (Å²) in [6.45, 7) is 8.54. The molecule has 0 fully saturated rings. The minimum atomic E-state index is -0.236. The van der Waals surface area contributed by atoms with Crippen molar-refractivity contribution >= 4 is 23.0 Å². The summed E-state index contributed by atoms with van der Waals surface area (Å²) in [7, 11) is 0. The third kappa shape index (κ3) is 2.36. The number of phenolic OH excluding ortho intramolecular Hbond substituents is 1. The minimum Gasteiger partial charge on any atom is -0.508 e. The standard InChI is InChI=1S/C21H22N2O2/c1-12-9-16-13(2)11-21(3,4)23-19(16)17(10-12)18(20(23)25)22-14-5-7-15(24)8-6-14/h5-10,13,24H,11H2,1-4H3. The molecule has 1 amide bonds. The molecule has 4 nitrogen and oxygen atoms in total. The number of rotatable bonds is 1. The Morgan fingerprint density at radius 2 is 1.88 bits per heavy atom. The summed E-state index contributed by atoms with van der Waals surface area (Å²) in [5.41, 5.74) is 5.26. The van der Waals surface area contributed by atoms with E-state index in [9.17, 15) is 9.90 Å². The lowest BCUT2D eigenvalue weighted by Gasteiger charge is -2.43. The molecule has 2 aromatic carbocycles. The van der Waals surface area contributed by atoms with E-state index in [0.29, 0.717) is 17.3 Å². The predicted molar refractivity (Wildman–Crippen MR) is 100 cm³/mol. The fourth-order valence-electron chi connectivity index (χ4n) is 4.23. The lowest BCUT2D eigenvalue weighted by molar-refractivity contribution is -0.113. The van der Waals surface area contributed by atoms with Gasteiger partial charge in [0, 0.05) is 11.1 Å². The summed E-state index contributed by atoms with van der Waals surface area (Å²) in [5, 5.41) is 9.46. The predicted octanol–water partition coefficient (Wildman–Crippen LogP) is 4.45. The molecule has 0 aliphatic carbocycles. The van der Waals surface area contributed by atoms with Crippen molar-refractivity contribution in [2.24, 2.45) is 4.99 Å². The minimum absolute atomic E-state index is 0.0353. The first-order valence-electron chi connectivity index (χ1n) is 8.65. The number of hydrogen-bond acceptors (Lipinski definition) is 3. The highest BCUT2D eigenvalue weighted by molar-refractivity contribution is 6.55. The summed E-state index contributed by atoms with van der Waals surface area (Å²) in [6.07, 6.45) is 0.932. The lowest BCUT2D eigenvalue weighted by atomic mass is 9.80. The van der Waals surface area contributed by atoms with Crippen molar-refractivity contribution in [1.29, 1.82) is 0 Å². The van der Waals surface area contributed by atoms with Gasteiger partial charge in [0.25, 0.3) is 5.91 Å². The zero-order valence-corrected chi connectivity index (χ0v) is 15.0. The number of anilines is 1. The molecule has 2 aliphatic rings. The van der Waals surface area contributed by atoms with Crippen molar-refractivity contribution in [3.63, 3.8) is 0 Å². The molecule has 0 bridgehead atoms. The highest BCUT2D eigenvalue weighted by Gasteiger charge is 2.47. The maximum absolute atomic E-state index is 13.2. The second-order valence-corrected chi connectivity index (χ2v) is 7.79. The number of aromatic hydroxyl groups is 1. The van der Waals surface area contributed by atoms with E-state index in [1.807, 2.05) is 4.90 Å². The van der Waals surface area contributed by atoms with Gasteiger partial charge in [-0.15, -0.1) is 0 Å². The van der Waals surface area contributed by atoms with Gasteiger partial charge in [-0.2, -0.15) is 0 Å². The summed E-state index contributed by atoms with van der Waals surface area (Å²) < 4.78 is 0. The molecule has 4 heteroatoms. The van der Waals surface area contributed by atoms with Gasteiger partial charge in [0.05, 0.1) is 11.4 Å². The van der Waals surface area contributed by atoms with Crippen LogP contribution in [0, 0.1) is 6.92 Å². The quantitative estimate of drug-likeness (QED) is 0.837. The van der Waals surface area contributed by atoms with E-state index in [1.54, 1.807) is 24.3 Å². The second-order valence-electron chi connectivity index (χ2n) is 7.79. The Labute approximate surface area is 147 Å². The second kappa shape index (κ2) is 5.19. The van der Waals surface area contributed by atoms with Gasteiger partial charge in [-0.1, -0.05) is 18.6 Å². The molecule has 0 saturated heterocycles. The maximum atomic E-state index is 13.2. The molecule has 4 rings (SSSR count). The number of carbonyl (C=O) groups excluding carboxylic acids is 1. The van der Waals surface area contributed by atoms with Gasteiger partial charge in [-0.3, -0.25) is 4.79 Å². The molecule has 0 aromatic heterocycles. The van der Waals surface area contributed by atoms with Crippen LogP contribution in [0.15, 0.2) is 41.4 Å². The van der Waals surface area contributed by atoms with Gasteiger partial charge < -0.3 is 10.0 Å². The first-order chi connectivity index (χ1) is 11.8. The van der Waals surface area contributed by atoms with Crippen LogP contribution in [0.3, 0.4) is 0 Å². The Morgan fingerprint density at radius 3 is 2.56 bits per heavy atom. The van der Waals surface area contributed by atoms with Crippen molar-refractivity contribution in [2.75, 3.05) is 4.90 Å². The molecule has 1 atom stereocenters. The Bertz CT molecular complexity index is 910. The van der Waals surface area contributed by atoms with E-state index in [2.05, 4.69) is 44.8 Å². The number of hydrogen-bond donors (Lipinski definition) is 1. The third-order valence-electron chi connectivity index (χ3n) is 5.20. The monoisotopic (exact) mass is 334 g/mol. The zero-order chi connectivity index (χ0) is 17.9. The number of amides is 1. The molecule has 2 heterocycles. The summed E-state index contributed by atoms with van der Waals surface area (Å²) >= 11 is 0. The van der Waals surface area contributed by atoms with Crippen molar-refractivity contribution in [3.05, 3.63) is 53.1 Å². The Balaban J connectivity index is 1.95. The van der Waals surface area contributed by atoms with Crippen molar-refractivity contribution in [3.8, 4) is 5.75 Å². The van der Waals surface area contributed by atoms with E-state index >= 15 is 0 Å². The van der Waals surface area contributed by atoms with E-state index in [1.165, 1.54) is 5.56 Å². The number of carbonyl (C=O) groups is 1. The molecular formula is C21H22N2O2. The molecule has 2 aliphatic heterocycles. The SMILES string of the molecule is Cc1cc2c3c(c1)C(C)CC(C)(C)N3C(=O)C2=Nc1ccc(O)cc1. The Kier molecular flexibility index (Phi) is 3.29. The summed E-state index contributed by atoms with van der Waals surface area (Å²) in [6, 6.07) is 10.9. The smallest absolute Gasteiger partial charge is 0.278 e. The average Bonchev–Trinajstić information content (AvgIpc) is 2.80. The number of benzene rings is 2. The van der Waals surface area contributed by atoms with Crippen molar-refractivity contribution in [2.45, 2.75) is 45.6 Å². The van der Waals surface area contributed by atoms with Crippen LogP contribution in [0.1, 0.15) is 49.8 Å². The molecule has 2 aromatic rings. The largest absolute Gasteiger partial charge is 0.508 e. The van der Waals surface area contributed by atoms with Crippen LogP contribution >= 0.6 is 0 Å². The van der Waals surface area contributed by atoms with Crippen molar-refractivity contribution < 1.29 is 9.90 Å². The van der Waals surface area contributed by atoms with E-state index in [0.717, 1.165) is 23.2 Å². The Hall–Kier alpha value is -2.62. The Morgan fingerprint density at radius 1 is 1.20 bits per heavy atom. The van der Waals surface area contributed by atoms with E-state index in [4.69, 9.17) is 0 Å². The number of nitrogens with zero attached hydrogens (tertiary/aromatic N) is 2. The van der Waals surface area contributed by atoms with Gasteiger partial charge in [-0.25, -0.2) is 4.99 Å². The summed E-state index contributed by atoms with van der Waals surface area (Å²) in [4.78, 5) is 19.8. The number of phenols is 1. The molecule has 1 unspecified atom stereocenters. The van der Waals surface area contributed by atoms with Crippen LogP contribution < -0.4 is 4.90 Å². The highest BCUT2D eigenvalue weighted by Crippen LogP contribution is 2.49. The molecule has 0 saturated carbocycles. The topological polar surface area (TPSA) is 52.9 Å². The van der Waals surface area contributed by atoms with Crippen LogP contribution in [0.25, 0.3) is 0 Å². The molecule has 0 radical (unpaired) electrons. The van der Waals surface area contributed by atoms with Gasteiger partial charge in [0.1, 0.15) is 11.5 Å². The van der Waals surface area contributed by atoms with Crippen LogP contribution in [-0.2, 0) is 4.79 Å². The summed E-state index contributed by atoms with van der Waals surface area (Å²) in [5.74, 6) is 0.558. The van der Waals surface area contributed by atoms with Crippen LogP contribution in [0.5, 0.6) is 5.75 Å². The first kappa shape index (κ1) is 15.9. The molecular weight excluding hydrogens is 312 g/mol.